The summed E-state index contributed by atoms with van der Waals surface area (Å²) in [4.78, 5) is 8.79. The van der Waals surface area contributed by atoms with Crippen molar-refractivity contribution >= 4 is 0 Å². The molecule has 0 bridgehead atoms. The third kappa shape index (κ3) is 5.34. The zero-order chi connectivity index (χ0) is 20.8. The first-order valence-corrected chi connectivity index (χ1v) is 10.5. The molecule has 6 heteroatoms. The molecule has 2 aliphatic heterocycles. The van der Waals surface area contributed by atoms with Crippen molar-refractivity contribution in [1.82, 2.24) is 19.6 Å². The molecule has 0 radical (unpaired) electrons. The Kier molecular flexibility index (Phi) is 6.57. The van der Waals surface area contributed by atoms with Crippen molar-refractivity contribution in [1.29, 1.82) is 0 Å². The quantitative estimate of drug-likeness (QED) is 0.668. The number of aliphatic hydroxyl groups excluding tert-OH is 2. The van der Waals surface area contributed by atoms with Crippen LogP contribution in [0.3, 0.4) is 0 Å². The summed E-state index contributed by atoms with van der Waals surface area (Å²) in [6.45, 7) is 4.58. The molecule has 2 atom stereocenters. The van der Waals surface area contributed by atoms with E-state index in [-0.39, 0.29) is 0 Å². The van der Waals surface area contributed by atoms with E-state index in [0.29, 0.717) is 13.1 Å². The van der Waals surface area contributed by atoms with Gasteiger partial charge in [0, 0.05) is 51.0 Å². The van der Waals surface area contributed by atoms with Crippen LogP contribution in [0.1, 0.15) is 23.3 Å². The summed E-state index contributed by atoms with van der Waals surface area (Å²) in [5.74, 6) is 0. The molecule has 0 aliphatic carbocycles. The summed E-state index contributed by atoms with van der Waals surface area (Å²) in [5, 5.41) is 20.8. The van der Waals surface area contributed by atoms with Crippen molar-refractivity contribution in [3.05, 3.63) is 96.6 Å². The topological polar surface area (TPSA) is 53.4 Å². The molecule has 0 fully saturated rings. The number of hydrogen-bond donors (Lipinski definition) is 2. The van der Waals surface area contributed by atoms with Gasteiger partial charge in [-0.15, -0.1) is 0 Å². The third-order valence-electron chi connectivity index (χ3n) is 5.56. The first-order valence-electron chi connectivity index (χ1n) is 10.5. The van der Waals surface area contributed by atoms with Gasteiger partial charge in [-0.2, -0.15) is 0 Å². The first-order chi connectivity index (χ1) is 14.7. The van der Waals surface area contributed by atoms with Crippen LogP contribution >= 0.6 is 0 Å². The molecule has 0 unspecified atom stereocenters. The SMILES string of the molecule is O[C@@H](CN1C=CN(CCN2C=CN(C[C@H](O)c3ccccc3)C2)C1)c1ccccc1. The van der Waals surface area contributed by atoms with E-state index in [1.54, 1.807) is 0 Å². The van der Waals surface area contributed by atoms with Gasteiger partial charge in [-0.1, -0.05) is 60.7 Å². The molecule has 0 aromatic heterocycles. The molecule has 30 heavy (non-hydrogen) atoms. The average Bonchev–Trinajstić information content (AvgIpc) is 3.42. The van der Waals surface area contributed by atoms with Crippen LogP contribution in [0, 0.1) is 0 Å². The highest BCUT2D eigenvalue weighted by Gasteiger charge is 2.19. The van der Waals surface area contributed by atoms with Gasteiger partial charge >= 0.3 is 0 Å². The maximum absolute atomic E-state index is 10.4. The predicted octanol–water partition coefficient (Wildman–Crippen LogP) is 2.55. The van der Waals surface area contributed by atoms with Gasteiger partial charge in [-0.25, -0.2) is 0 Å². The van der Waals surface area contributed by atoms with E-state index in [2.05, 4.69) is 44.4 Å². The molecular weight excluding hydrogens is 376 g/mol. The Bertz CT molecular complexity index is 771. The van der Waals surface area contributed by atoms with Gasteiger partial charge in [0.2, 0.25) is 0 Å². The number of hydrogen-bond acceptors (Lipinski definition) is 6. The molecule has 2 aromatic carbocycles. The number of β-amino-alcohol motifs (C(OH)–C–C–N with tert-alkyl or cyclic N) is 2. The van der Waals surface area contributed by atoms with Gasteiger partial charge in [0.1, 0.15) is 0 Å². The lowest BCUT2D eigenvalue weighted by Gasteiger charge is -2.27. The van der Waals surface area contributed by atoms with E-state index in [1.807, 2.05) is 60.7 Å². The van der Waals surface area contributed by atoms with E-state index >= 15 is 0 Å². The lowest BCUT2D eigenvalue weighted by molar-refractivity contribution is 0.116. The van der Waals surface area contributed by atoms with E-state index in [0.717, 1.165) is 37.6 Å². The van der Waals surface area contributed by atoms with E-state index in [9.17, 15) is 10.2 Å². The maximum Gasteiger partial charge on any atom is 0.0965 e. The van der Waals surface area contributed by atoms with Crippen LogP contribution in [-0.2, 0) is 0 Å². The van der Waals surface area contributed by atoms with E-state index in [1.165, 1.54) is 0 Å². The predicted molar refractivity (Wildman–Crippen MR) is 118 cm³/mol. The minimum atomic E-state index is -0.484. The molecule has 0 spiro atoms. The molecule has 0 saturated heterocycles. The highest BCUT2D eigenvalue weighted by Crippen LogP contribution is 2.18. The summed E-state index contributed by atoms with van der Waals surface area (Å²) in [6.07, 6.45) is 7.31. The standard InChI is InChI=1S/C24H30N4O2/c29-23(21-7-3-1-4-8-21)17-27-15-13-25(19-27)11-12-26-14-16-28(20-26)18-24(30)22-9-5-2-6-10-22/h1-10,13-16,23-24,29-30H,11-12,17-20H2/t23-,24-/m0/s1. The number of benzene rings is 2. The summed E-state index contributed by atoms with van der Waals surface area (Å²) in [6, 6.07) is 19.6. The minimum absolute atomic E-state index is 0.484. The van der Waals surface area contributed by atoms with Crippen molar-refractivity contribution in [3.8, 4) is 0 Å². The fourth-order valence-corrected chi connectivity index (χ4v) is 3.82. The van der Waals surface area contributed by atoms with Crippen LogP contribution in [0.15, 0.2) is 85.5 Å². The van der Waals surface area contributed by atoms with Crippen LogP contribution in [0.25, 0.3) is 0 Å². The zero-order valence-electron chi connectivity index (χ0n) is 17.2. The van der Waals surface area contributed by atoms with Gasteiger partial charge in [0.15, 0.2) is 0 Å². The fourth-order valence-electron chi connectivity index (χ4n) is 3.82. The van der Waals surface area contributed by atoms with Gasteiger partial charge in [0.25, 0.3) is 0 Å². The largest absolute Gasteiger partial charge is 0.387 e. The second kappa shape index (κ2) is 9.69. The molecule has 0 saturated carbocycles. The first kappa shape index (κ1) is 20.3. The monoisotopic (exact) mass is 406 g/mol. The Labute approximate surface area is 178 Å². The Hall–Kier alpha value is -2.96. The summed E-state index contributed by atoms with van der Waals surface area (Å²) < 4.78 is 0. The fraction of sp³-hybridized carbons (Fsp3) is 0.333. The smallest absolute Gasteiger partial charge is 0.0965 e. The zero-order valence-corrected chi connectivity index (χ0v) is 17.2. The molecule has 0 amide bonds. The van der Waals surface area contributed by atoms with Crippen molar-refractivity contribution in [2.24, 2.45) is 0 Å². The van der Waals surface area contributed by atoms with Crippen molar-refractivity contribution < 1.29 is 10.2 Å². The van der Waals surface area contributed by atoms with Crippen molar-refractivity contribution in [3.63, 3.8) is 0 Å². The average molecular weight is 407 g/mol. The Morgan fingerprint density at radius 1 is 0.567 bits per heavy atom. The van der Waals surface area contributed by atoms with Crippen LogP contribution < -0.4 is 0 Å². The number of nitrogens with zero attached hydrogens (tertiary/aromatic N) is 4. The van der Waals surface area contributed by atoms with Crippen molar-refractivity contribution in [2.45, 2.75) is 12.2 Å². The number of rotatable bonds is 9. The molecule has 158 valence electrons. The summed E-state index contributed by atoms with van der Waals surface area (Å²) in [5.41, 5.74) is 1.90. The maximum atomic E-state index is 10.4. The van der Waals surface area contributed by atoms with Crippen LogP contribution in [0.2, 0.25) is 0 Å². The molecular formula is C24H30N4O2. The summed E-state index contributed by atoms with van der Waals surface area (Å²) in [7, 11) is 0. The van der Waals surface area contributed by atoms with Gasteiger partial charge in [-0.05, 0) is 11.1 Å². The third-order valence-corrected chi connectivity index (χ3v) is 5.56. The van der Waals surface area contributed by atoms with Gasteiger partial charge < -0.3 is 29.8 Å². The van der Waals surface area contributed by atoms with Gasteiger partial charge in [-0.3, -0.25) is 0 Å². The van der Waals surface area contributed by atoms with Crippen LogP contribution in [-0.4, -0.2) is 69.3 Å². The Morgan fingerprint density at radius 3 is 1.33 bits per heavy atom. The van der Waals surface area contributed by atoms with Gasteiger partial charge in [0.05, 0.1) is 25.5 Å². The minimum Gasteiger partial charge on any atom is -0.387 e. The normalized spacial score (nSPS) is 17.8. The molecule has 4 rings (SSSR count). The highest BCUT2D eigenvalue weighted by molar-refractivity contribution is 5.18. The Balaban J connectivity index is 1.16. The molecule has 2 aromatic rings. The second-order valence-corrected chi connectivity index (χ2v) is 7.90. The number of aliphatic hydroxyl groups is 2. The molecule has 2 heterocycles. The lowest BCUT2D eigenvalue weighted by Crippen LogP contribution is -2.35. The summed E-state index contributed by atoms with van der Waals surface area (Å²) >= 11 is 0. The molecule has 2 aliphatic rings. The molecule has 6 nitrogen and oxygen atoms in total. The second-order valence-electron chi connectivity index (χ2n) is 7.90. The van der Waals surface area contributed by atoms with E-state index in [4.69, 9.17) is 0 Å². The highest BCUT2D eigenvalue weighted by atomic mass is 16.3. The van der Waals surface area contributed by atoms with Crippen LogP contribution in [0.5, 0.6) is 0 Å². The lowest BCUT2D eigenvalue weighted by atomic mass is 10.1. The Morgan fingerprint density at radius 2 is 0.933 bits per heavy atom. The van der Waals surface area contributed by atoms with Crippen LogP contribution in [0.4, 0.5) is 0 Å². The van der Waals surface area contributed by atoms with E-state index < -0.39 is 12.2 Å². The van der Waals surface area contributed by atoms with Crippen molar-refractivity contribution in [2.75, 3.05) is 39.5 Å². The molecule has 2 N–H and O–H groups in total.